The van der Waals surface area contributed by atoms with Crippen LogP contribution in [0.3, 0.4) is 0 Å². The van der Waals surface area contributed by atoms with Gasteiger partial charge in [0.15, 0.2) is 8.32 Å². The highest BCUT2D eigenvalue weighted by atomic mass is 28.4. The standard InChI is InChI=1S/C19H40OSi/c1-15(2)13-14-19(9,21(11,12)20-10)18(7,8)17(5,6)16(15,3)4/h13-14H2,1-12H3. The lowest BCUT2D eigenvalue weighted by Crippen LogP contribution is -2.58. The molecule has 1 saturated carbocycles. The molecule has 1 aliphatic rings. The van der Waals surface area contributed by atoms with E-state index in [2.05, 4.69) is 75.4 Å². The van der Waals surface area contributed by atoms with Gasteiger partial charge < -0.3 is 4.43 Å². The summed E-state index contributed by atoms with van der Waals surface area (Å²) >= 11 is 0. The van der Waals surface area contributed by atoms with E-state index >= 15 is 0 Å². The van der Waals surface area contributed by atoms with Crippen LogP contribution in [0.15, 0.2) is 0 Å². The molecule has 1 atom stereocenters. The lowest BCUT2D eigenvalue weighted by atomic mass is 9.47. The molecule has 0 amide bonds. The van der Waals surface area contributed by atoms with Gasteiger partial charge >= 0.3 is 0 Å². The van der Waals surface area contributed by atoms with Gasteiger partial charge in [-0.1, -0.05) is 62.3 Å². The molecule has 0 N–H and O–H groups in total. The zero-order valence-electron chi connectivity index (χ0n) is 16.8. The third-order valence-corrected chi connectivity index (χ3v) is 13.8. The van der Waals surface area contributed by atoms with E-state index in [1.165, 1.54) is 12.8 Å². The normalized spacial score (nSPS) is 34.3. The molecule has 0 aromatic rings. The fourth-order valence-corrected chi connectivity index (χ4v) is 7.78. The second kappa shape index (κ2) is 4.83. The highest BCUT2D eigenvalue weighted by molar-refractivity contribution is 6.74. The van der Waals surface area contributed by atoms with E-state index in [9.17, 15) is 0 Å². The molecule has 0 aliphatic heterocycles. The Morgan fingerprint density at radius 2 is 1.10 bits per heavy atom. The maximum atomic E-state index is 6.14. The van der Waals surface area contributed by atoms with Crippen LogP contribution in [0, 0.1) is 21.7 Å². The molecular weight excluding hydrogens is 272 g/mol. The lowest BCUT2D eigenvalue weighted by Gasteiger charge is -2.62. The number of rotatable bonds is 2. The van der Waals surface area contributed by atoms with Gasteiger partial charge in [-0.05, 0) is 52.6 Å². The van der Waals surface area contributed by atoms with Gasteiger partial charge in [0.1, 0.15) is 0 Å². The molecule has 0 radical (unpaired) electrons. The van der Waals surface area contributed by atoms with Gasteiger partial charge in [-0.15, -0.1) is 0 Å². The number of hydrogen-bond acceptors (Lipinski definition) is 1. The molecule has 21 heavy (non-hydrogen) atoms. The Morgan fingerprint density at radius 1 is 0.667 bits per heavy atom. The predicted molar refractivity (Wildman–Crippen MR) is 97.2 cm³/mol. The topological polar surface area (TPSA) is 9.23 Å². The van der Waals surface area contributed by atoms with Crippen molar-refractivity contribution in [2.24, 2.45) is 21.7 Å². The van der Waals surface area contributed by atoms with Crippen molar-refractivity contribution in [2.75, 3.05) is 7.11 Å². The molecule has 1 fully saturated rings. The summed E-state index contributed by atoms with van der Waals surface area (Å²) in [4.78, 5) is 0. The third-order valence-electron chi connectivity index (χ3n) is 9.29. The maximum absolute atomic E-state index is 6.14. The minimum atomic E-state index is -1.78. The van der Waals surface area contributed by atoms with E-state index in [4.69, 9.17) is 4.43 Å². The molecule has 0 spiro atoms. The van der Waals surface area contributed by atoms with Crippen LogP contribution in [-0.4, -0.2) is 15.4 Å². The van der Waals surface area contributed by atoms with Crippen LogP contribution in [0.2, 0.25) is 18.1 Å². The summed E-state index contributed by atoms with van der Waals surface area (Å²) in [5, 5.41) is 0.267. The third kappa shape index (κ3) is 2.19. The smallest absolute Gasteiger partial charge is 0.192 e. The Morgan fingerprint density at radius 3 is 1.48 bits per heavy atom. The zero-order valence-corrected chi connectivity index (χ0v) is 17.8. The van der Waals surface area contributed by atoms with Crippen molar-refractivity contribution in [3.8, 4) is 0 Å². The minimum Gasteiger partial charge on any atom is -0.420 e. The van der Waals surface area contributed by atoms with Gasteiger partial charge in [-0.2, -0.15) is 0 Å². The summed E-state index contributed by atoms with van der Waals surface area (Å²) in [6, 6.07) is 0. The van der Waals surface area contributed by atoms with E-state index in [0.717, 1.165) is 0 Å². The molecule has 126 valence electrons. The molecule has 1 rings (SSSR count). The summed E-state index contributed by atoms with van der Waals surface area (Å²) in [5.74, 6) is 0. The van der Waals surface area contributed by atoms with Crippen LogP contribution in [0.25, 0.3) is 0 Å². The Bertz CT molecular complexity index is 404. The molecular formula is C19H40OSi. The lowest BCUT2D eigenvalue weighted by molar-refractivity contribution is -0.0915. The Kier molecular flexibility index (Phi) is 4.43. The zero-order chi connectivity index (χ0) is 17.1. The van der Waals surface area contributed by atoms with Gasteiger partial charge in [0.25, 0.3) is 0 Å². The van der Waals surface area contributed by atoms with Crippen LogP contribution in [-0.2, 0) is 4.43 Å². The Balaban J connectivity index is 3.64. The molecule has 0 aromatic heterocycles. The fraction of sp³-hybridized carbons (Fsp3) is 1.00. The number of hydrogen-bond donors (Lipinski definition) is 0. The quantitative estimate of drug-likeness (QED) is 0.418. The van der Waals surface area contributed by atoms with Crippen LogP contribution in [0.5, 0.6) is 0 Å². The van der Waals surface area contributed by atoms with Crippen LogP contribution < -0.4 is 0 Å². The van der Waals surface area contributed by atoms with E-state index in [-0.39, 0.29) is 21.3 Å². The van der Waals surface area contributed by atoms with E-state index < -0.39 is 8.32 Å². The van der Waals surface area contributed by atoms with Gasteiger partial charge in [0.2, 0.25) is 0 Å². The molecule has 1 nitrogen and oxygen atoms in total. The molecule has 0 bridgehead atoms. The maximum Gasteiger partial charge on any atom is 0.192 e. The Hall–Kier alpha value is 0.177. The fourth-order valence-electron chi connectivity index (χ4n) is 4.78. The van der Waals surface area contributed by atoms with Crippen molar-refractivity contribution in [3.63, 3.8) is 0 Å². The molecule has 2 heteroatoms. The first-order valence-corrected chi connectivity index (χ1v) is 11.5. The second-order valence-electron chi connectivity index (χ2n) is 10.3. The highest BCUT2D eigenvalue weighted by Gasteiger charge is 2.66. The van der Waals surface area contributed by atoms with Crippen molar-refractivity contribution in [2.45, 2.75) is 93.3 Å². The van der Waals surface area contributed by atoms with Gasteiger partial charge in [0, 0.05) is 7.11 Å². The monoisotopic (exact) mass is 312 g/mol. The summed E-state index contributed by atoms with van der Waals surface area (Å²) in [5.41, 5.74) is 1.07. The first-order chi connectivity index (χ1) is 9.02. The first-order valence-electron chi connectivity index (χ1n) is 8.57. The van der Waals surface area contributed by atoms with E-state index in [1.807, 2.05) is 7.11 Å². The SMILES string of the molecule is CO[Si](C)(C)C1(C)CCC(C)(C)C(C)(C)C(C)(C)C1(C)C. The van der Waals surface area contributed by atoms with Crippen molar-refractivity contribution in [1.29, 1.82) is 0 Å². The minimum absolute atomic E-state index is 0.225. The van der Waals surface area contributed by atoms with Crippen LogP contribution >= 0.6 is 0 Å². The average Bonchev–Trinajstić information content (AvgIpc) is 2.36. The van der Waals surface area contributed by atoms with Crippen LogP contribution in [0.4, 0.5) is 0 Å². The predicted octanol–water partition coefficient (Wildman–Crippen LogP) is 6.50. The first kappa shape index (κ1) is 19.2. The van der Waals surface area contributed by atoms with Gasteiger partial charge in [-0.25, -0.2) is 0 Å². The molecule has 0 heterocycles. The van der Waals surface area contributed by atoms with Gasteiger partial charge in [0.05, 0.1) is 0 Å². The molecule has 1 aliphatic carbocycles. The Labute approximate surface area is 135 Å². The largest absolute Gasteiger partial charge is 0.420 e. The summed E-state index contributed by atoms with van der Waals surface area (Å²) < 4.78 is 6.14. The van der Waals surface area contributed by atoms with Gasteiger partial charge in [-0.3, -0.25) is 0 Å². The molecule has 1 unspecified atom stereocenters. The van der Waals surface area contributed by atoms with E-state index in [0.29, 0.717) is 5.41 Å². The summed E-state index contributed by atoms with van der Waals surface area (Å²) in [6.45, 7) is 27.3. The molecule has 0 saturated heterocycles. The highest BCUT2D eigenvalue weighted by Crippen LogP contribution is 2.73. The van der Waals surface area contributed by atoms with Crippen molar-refractivity contribution in [3.05, 3.63) is 0 Å². The second-order valence-corrected chi connectivity index (χ2v) is 14.8. The van der Waals surface area contributed by atoms with Crippen LogP contribution in [0.1, 0.15) is 75.2 Å². The van der Waals surface area contributed by atoms with Crippen molar-refractivity contribution < 1.29 is 4.43 Å². The van der Waals surface area contributed by atoms with Crippen molar-refractivity contribution >= 4 is 8.32 Å². The summed E-state index contributed by atoms with van der Waals surface area (Å²) in [6.07, 6.45) is 2.55. The average molecular weight is 313 g/mol. The van der Waals surface area contributed by atoms with E-state index in [1.54, 1.807) is 0 Å². The molecule has 0 aromatic carbocycles. The summed E-state index contributed by atoms with van der Waals surface area (Å²) in [7, 11) is 0.150. The van der Waals surface area contributed by atoms with Crippen molar-refractivity contribution in [1.82, 2.24) is 0 Å².